The highest BCUT2D eigenvalue weighted by molar-refractivity contribution is 5.85. The van der Waals surface area contributed by atoms with E-state index < -0.39 is 11.9 Å². The molecule has 21 heavy (non-hydrogen) atoms. The maximum Gasteiger partial charge on any atom is 0.330 e. The number of hydrogen-bond donors (Lipinski definition) is 4. The van der Waals surface area contributed by atoms with Crippen molar-refractivity contribution in [3.63, 3.8) is 0 Å². The van der Waals surface area contributed by atoms with Crippen molar-refractivity contribution in [1.82, 2.24) is 5.32 Å². The van der Waals surface area contributed by atoms with Crippen LogP contribution in [0, 0.1) is 0 Å². The molecule has 0 aromatic rings. The lowest BCUT2D eigenvalue weighted by Gasteiger charge is -2.02. The molecule has 0 aliphatic heterocycles. The van der Waals surface area contributed by atoms with E-state index in [-0.39, 0.29) is 5.57 Å². The van der Waals surface area contributed by atoms with Crippen LogP contribution in [0.25, 0.3) is 0 Å². The Labute approximate surface area is 126 Å². The van der Waals surface area contributed by atoms with Gasteiger partial charge in [0, 0.05) is 11.1 Å². The van der Waals surface area contributed by atoms with Crippen molar-refractivity contribution in [1.29, 1.82) is 0 Å². The average Bonchev–Trinajstić information content (AvgIpc) is 2.44. The zero-order valence-corrected chi connectivity index (χ0v) is 12.9. The predicted molar refractivity (Wildman–Crippen MR) is 84.2 cm³/mol. The molecule has 122 valence electrons. The summed E-state index contributed by atoms with van der Waals surface area (Å²) >= 11 is 0. The van der Waals surface area contributed by atoms with Crippen LogP contribution in [0.1, 0.15) is 39.0 Å². The topological polar surface area (TPSA) is 113 Å². The second kappa shape index (κ2) is 14.7. The number of aliphatic carboxylic acids is 2. The van der Waals surface area contributed by atoms with Gasteiger partial charge in [0.2, 0.25) is 0 Å². The molecule has 0 heterocycles. The first kappa shape index (κ1) is 21.6. The highest BCUT2D eigenvalue weighted by Crippen LogP contribution is 2.00. The second-order valence-corrected chi connectivity index (χ2v) is 4.56. The van der Waals surface area contributed by atoms with Gasteiger partial charge < -0.3 is 21.3 Å². The van der Waals surface area contributed by atoms with Crippen molar-refractivity contribution in [3.05, 3.63) is 24.3 Å². The molecule has 0 aliphatic carbocycles. The van der Waals surface area contributed by atoms with E-state index in [0.717, 1.165) is 25.9 Å². The third-order valence-electron chi connectivity index (χ3n) is 2.55. The van der Waals surface area contributed by atoms with Crippen LogP contribution in [0.5, 0.6) is 0 Å². The fraction of sp³-hybridized carbons (Fsp3) is 0.600. The van der Waals surface area contributed by atoms with Crippen LogP contribution in [-0.4, -0.2) is 41.8 Å². The number of nitrogens with two attached hydrogens (primary N) is 1. The van der Waals surface area contributed by atoms with Crippen LogP contribution in [0.4, 0.5) is 0 Å². The predicted octanol–water partition coefficient (Wildman–Crippen LogP) is 1.77. The SMILES string of the molecule is C=C(CCCN)C(=O)O.C=C(CCCNCCC)C(=O)O. The van der Waals surface area contributed by atoms with Gasteiger partial charge in [0.05, 0.1) is 0 Å². The quantitative estimate of drug-likeness (QED) is 0.342. The van der Waals surface area contributed by atoms with Crippen molar-refractivity contribution in [2.75, 3.05) is 19.6 Å². The summed E-state index contributed by atoms with van der Waals surface area (Å²) in [6.07, 6.45) is 3.73. The summed E-state index contributed by atoms with van der Waals surface area (Å²) in [5, 5.41) is 19.9. The lowest BCUT2D eigenvalue weighted by atomic mass is 10.2. The van der Waals surface area contributed by atoms with E-state index in [1.165, 1.54) is 0 Å². The van der Waals surface area contributed by atoms with Gasteiger partial charge in [-0.15, -0.1) is 0 Å². The highest BCUT2D eigenvalue weighted by atomic mass is 16.4. The van der Waals surface area contributed by atoms with E-state index in [4.69, 9.17) is 15.9 Å². The molecular formula is C15H28N2O4. The van der Waals surface area contributed by atoms with Crippen molar-refractivity contribution < 1.29 is 19.8 Å². The molecule has 0 fully saturated rings. The van der Waals surface area contributed by atoms with Crippen LogP contribution in [0.3, 0.4) is 0 Å². The van der Waals surface area contributed by atoms with E-state index >= 15 is 0 Å². The normalized spacial score (nSPS) is 9.43. The number of hydrogen-bond acceptors (Lipinski definition) is 4. The highest BCUT2D eigenvalue weighted by Gasteiger charge is 2.02. The maximum atomic E-state index is 10.3. The van der Waals surface area contributed by atoms with Crippen LogP contribution in [0.2, 0.25) is 0 Å². The number of rotatable bonds is 11. The fourth-order valence-corrected chi connectivity index (χ4v) is 1.26. The van der Waals surface area contributed by atoms with Crippen molar-refractivity contribution in [2.45, 2.75) is 39.0 Å². The Balaban J connectivity index is 0. The van der Waals surface area contributed by atoms with Gasteiger partial charge in [0.1, 0.15) is 0 Å². The molecule has 0 rings (SSSR count). The molecule has 0 saturated heterocycles. The van der Waals surface area contributed by atoms with Crippen LogP contribution in [-0.2, 0) is 9.59 Å². The summed E-state index contributed by atoms with van der Waals surface area (Å²) in [5.41, 5.74) is 5.68. The number of carbonyl (C=O) groups is 2. The largest absolute Gasteiger partial charge is 0.478 e. The van der Waals surface area contributed by atoms with Gasteiger partial charge in [-0.05, 0) is 51.7 Å². The van der Waals surface area contributed by atoms with Crippen LogP contribution >= 0.6 is 0 Å². The average molecular weight is 300 g/mol. The monoisotopic (exact) mass is 300 g/mol. The Hall–Kier alpha value is -1.66. The van der Waals surface area contributed by atoms with E-state index in [2.05, 4.69) is 25.4 Å². The Morgan fingerprint density at radius 1 is 1.00 bits per heavy atom. The lowest BCUT2D eigenvalue weighted by molar-refractivity contribution is -0.133. The summed E-state index contributed by atoms with van der Waals surface area (Å²) in [6, 6.07) is 0. The van der Waals surface area contributed by atoms with E-state index in [0.29, 0.717) is 31.4 Å². The molecule has 0 aromatic carbocycles. The molecule has 0 aromatic heterocycles. The Morgan fingerprint density at radius 3 is 1.86 bits per heavy atom. The van der Waals surface area contributed by atoms with Gasteiger partial charge in [0.15, 0.2) is 0 Å². The smallest absolute Gasteiger partial charge is 0.330 e. The van der Waals surface area contributed by atoms with Crippen molar-refractivity contribution in [3.8, 4) is 0 Å². The third kappa shape index (κ3) is 16.3. The summed E-state index contributed by atoms with van der Waals surface area (Å²) < 4.78 is 0. The Kier molecular flexibility index (Phi) is 15.2. The number of carboxylic acid groups (broad SMARTS) is 2. The minimum absolute atomic E-state index is 0.237. The van der Waals surface area contributed by atoms with E-state index in [1.54, 1.807) is 0 Å². The van der Waals surface area contributed by atoms with E-state index in [9.17, 15) is 9.59 Å². The molecule has 5 N–H and O–H groups in total. The van der Waals surface area contributed by atoms with Gasteiger partial charge in [0.25, 0.3) is 0 Å². The lowest BCUT2D eigenvalue weighted by Crippen LogP contribution is -2.16. The zero-order valence-electron chi connectivity index (χ0n) is 12.9. The van der Waals surface area contributed by atoms with E-state index in [1.807, 2.05) is 0 Å². The standard InChI is InChI=1S/C9H17NO2.C6H11NO2/c1-3-6-10-7-4-5-8(2)9(11)12;1-5(6(8)9)3-2-4-7/h10H,2-7H2,1H3,(H,11,12);1-4,7H2,(H,8,9). The van der Waals surface area contributed by atoms with Crippen molar-refractivity contribution in [2.24, 2.45) is 5.73 Å². The summed E-state index contributed by atoms with van der Waals surface area (Å²) in [5.74, 6) is -1.81. The molecule has 0 spiro atoms. The first-order chi connectivity index (χ1) is 9.86. The zero-order chi connectivity index (χ0) is 16.7. The Morgan fingerprint density at radius 2 is 1.48 bits per heavy atom. The summed E-state index contributed by atoms with van der Waals surface area (Å²) in [7, 11) is 0. The van der Waals surface area contributed by atoms with Gasteiger partial charge >= 0.3 is 11.9 Å². The number of nitrogens with one attached hydrogen (secondary N) is 1. The molecule has 0 aliphatic rings. The van der Waals surface area contributed by atoms with Crippen molar-refractivity contribution >= 4 is 11.9 Å². The molecule has 0 bridgehead atoms. The third-order valence-corrected chi connectivity index (χ3v) is 2.55. The second-order valence-electron chi connectivity index (χ2n) is 4.56. The minimum Gasteiger partial charge on any atom is -0.478 e. The minimum atomic E-state index is -0.927. The molecule has 0 amide bonds. The van der Waals surface area contributed by atoms with Crippen LogP contribution in [0.15, 0.2) is 24.3 Å². The van der Waals surface area contributed by atoms with Crippen LogP contribution < -0.4 is 11.1 Å². The van der Waals surface area contributed by atoms with Gasteiger partial charge in [-0.1, -0.05) is 20.1 Å². The molecule has 6 heteroatoms. The van der Waals surface area contributed by atoms with Gasteiger partial charge in [-0.25, -0.2) is 9.59 Å². The molecule has 0 radical (unpaired) electrons. The molecule has 0 saturated carbocycles. The molecule has 6 nitrogen and oxygen atoms in total. The van der Waals surface area contributed by atoms with Gasteiger partial charge in [-0.3, -0.25) is 0 Å². The molecule has 0 atom stereocenters. The molecule has 0 unspecified atom stereocenters. The molecular weight excluding hydrogens is 272 g/mol. The Bertz CT molecular complexity index is 341. The fourth-order valence-electron chi connectivity index (χ4n) is 1.26. The summed E-state index contributed by atoms with van der Waals surface area (Å²) in [6.45, 7) is 11.3. The summed E-state index contributed by atoms with van der Waals surface area (Å²) in [4.78, 5) is 20.4. The first-order valence-electron chi connectivity index (χ1n) is 7.09. The number of carboxylic acids is 2. The first-order valence-corrected chi connectivity index (χ1v) is 7.09. The van der Waals surface area contributed by atoms with Gasteiger partial charge in [-0.2, -0.15) is 0 Å². The maximum absolute atomic E-state index is 10.3.